The van der Waals surface area contributed by atoms with Gasteiger partial charge < -0.3 is 4.74 Å². The summed E-state index contributed by atoms with van der Waals surface area (Å²) in [5.74, 6) is 0.645. The molecule has 0 spiro atoms. The molecule has 0 heterocycles. The van der Waals surface area contributed by atoms with Crippen LogP contribution in [0, 0.1) is 10.1 Å². The Bertz CT molecular complexity index is 557. The van der Waals surface area contributed by atoms with Gasteiger partial charge in [-0.2, -0.15) is 0 Å². The Morgan fingerprint density at radius 2 is 1.83 bits per heavy atom. The maximum atomic E-state index is 10.9. The van der Waals surface area contributed by atoms with Crippen LogP contribution in [0.5, 0.6) is 5.75 Å². The van der Waals surface area contributed by atoms with Gasteiger partial charge in [0.25, 0.3) is 5.69 Å². The van der Waals surface area contributed by atoms with Crippen LogP contribution in [0.2, 0.25) is 5.02 Å². The molecular weight excluding hydrogens is 254 g/mol. The van der Waals surface area contributed by atoms with Crippen molar-refractivity contribution in [1.82, 2.24) is 0 Å². The fourth-order valence-corrected chi connectivity index (χ4v) is 1.76. The largest absolute Gasteiger partial charge is 0.489 e. The summed E-state index contributed by atoms with van der Waals surface area (Å²) in [6, 6.07) is 13.7. The van der Waals surface area contributed by atoms with Crippen LogP contribution in [0.25, 0.3) is 0 Å². The smallest absolute Gasteiger partial charge is 0.277 e. The van der Waals surface area contributed by atoms with Gasteiger partial charge in [0, 0.05) is 6.07 Å². The Kier molecular flexibility index (Phi) is 3.79. The van der Waals surface area contributed by atoms with E-state index in [4.69, 9.17) is 16.3 Å². The molecule has 0 aliphatic heterocycles. The number of nitrogens with zero attached hydrogens (tertiary/aromatic N) is 1. The standard InChI is InChI=1S/C13H10ClNO3/c14-12-7-4-8-13(15(16)17)11(12)9-18-10-5-2-1-3-6-10/h1-8H,9H2. The molecule has 2 aromatic carbocycles. The Labute approximate surface area is 109 Å². The molecule has 0 aliphatic carbocycles. The highest BCUT2D eigenvalue weighted by Crippen LogP contribution is 2.27. The average Bonchev–Trinajstić information content (AvgIpc) is 2.38. The third kappa shape index (κ3) is 2.78. The van der Waals surface area contributed by atoms with E-state index in [1.165, 1.54) is 6.07 Å². The number of para-hydroxylation sites is 1. The lowest BCUT2D eigenvalue weighted by atomic mass is 10.2. The van der Waals surface area contributed by atoms with E-state index in [2.05, 4.69) is 0 Å². The van der Waals surface area contributed by atoms with Crippen molar-refractivity contribution in [3.05, 3.63) is 69.2 Å². The van der Waals surface area contributed by atoms with Crippen LogP contribution < -0.4 is 4.74 Å². The number of hydrogen-bond donors (Lipinski definition) is 0. The minimum atomic E-state index is -0.463. The van der Waals surface area contributed by atoms with E-state index < -0.39 is 4.92 Å². The quantitative estimate of drug-likeness (QED) is 0.622. The zero-order chi connectivity index (χ0) is 13.0. The van der Waals surface area contributed by atoms with Gasteiger partial charge in [-0.05, 0) is 18.2 Å². The van der Waals surface area contributed by atoms with Crippen LogP contribution in [0.4, 0.5) is 5.69 Å². The molecule has 0 fully saturated rings. The molecule has 5 heteroatoms. The molecule has 0 bridgehead atoms. The van der Waals surface area contributed by atoms with E-state index in [1.807, 2.05) is 18.2 Å². The van der Waals surface area contributed by atoms with Crippen molar-refractivity contribution in [3.63, 3.8) is 0 Å². The highest BCUT2D eigenvalue weighted by atomic mass is 35.5. The molecule has 0 unspecified atom stereocenters. The first-order valence-corrected chi connectivity index (χ1v) is 5.66. The van der Waals surface area contributed by atoms with Crippen molar-refractivity contribution < 1.29 is 9.66 Å². The summed E-state index contributed by atoms with van der Waals surface area (Å²) < 4.78 is 5.47. The molecule has 0 aromatic heterocycles. The van der Waals surface area contributed by atoms with Crippen LogP contribution in [0.1, 0.15) is 5.56 Å². The SMILES string of the molecule is O=[N+]([O-])c1cccc(Cl)c1COc1ccccc1. The van der Waals surface area contributed by atoms with Gasteiger partial charge in [0.05, 0.1) is 15.5 Å². The lowest BCUT2D eigenvalue weighted by Gasteiger charge is -2.08. The van der Waals surface area contributed by atoms with Gasteiger partial charge in [0.15, 0.2) is 0 Å². The molecule has 0 radical (unpaired) electrons. The summed E-state index contributed by atoms with van der Waals surface area (Å²) in [4.78, 5) is 10.4. The summed E-state index contributed by atoms with van der Waals surface area (Å²) in [5.41, 5.74) is 0.353. The minimum absolute atomic E-state index is 0.0292. The van der Waals surface area contributed by atoms with Gasteiger partial charge in [-0.3, -0.25) is 10.1 Å². The van der Waals surface area contributed by atoms with E-state index >= 15 is 0 Å². The molecule has 2 aromatic rings. The fraction of sp³-hybridized carbons (Fsp3) is 0.0769. The van der Waals surface area contributed by atoms with Crippen LogP contribution in [0.3, 0.4) is 0 Å². The second-order valence-electron chi connectivity index (χ2n) is 3.60. The molecule has 0 N–H and O–H groups in total. The summed E-state index contributed by atoms with van der Waals surface area (Å²) in [5, 5.41) is 11.2. The predicted octanol–water partition coefficient (Wildman–Crippen LogP) is 3.83. The molecular formula is C13H10ClNO3. The van der Waals surface area contributed by atoms with Crippen molar-refractivity contribution in [2.75, 3.05) is 0 Å². The first-order chi connectivity index (χ1) is 8.68. The van der Waals surface area contributed by atoms with Gasteiger partial charge >= 0.3 is 0 Å². The van der Waals surface area contributed by atoms with Crippen LogP contribution in [0.15, 0.2) is 48.5 Å². The van der Waals surface area contributed by atoms with Gasteiger partial charge in [-0.1, -0.05) is 35.9 Å². The zero-order valence-electron chi connectivity index (χ0n) is 9.38. The molecule has 0 aliphatic rings. The third-order valence-electron chi connectivity index (χ3n) is 2.42. The number of halogens is 1. The van der Waals surface area contributed by atoms with Crippen molar-refractivity contribution in [2.45, 2.75) is 6.61 Å². The molecule has 2 rings (SSSR count). The van der Waals surface area contributed by atoms with Gasteiger partial charge in [0.2, 0.25) is 0 Å². The number of nitro benzene ring substituents is 1. The first-order valence-electron chi connectivity index (χ1n) is 5.28. The number of nitro groups is 1. The Morgan fingerprint density at radius 1 is 1.11 bits per heavy atom. The average molecular weight is 264 g/mol. The molecule has 4 nitrogen and oxygen atoms in total. The highest BCUT2D eigenvalue weighted by Gasteiger charge is 2.16. The summed E-state index contributed by atoms with van der Waals surface area (Å²) in [6.07, 6.45) is 0. The monoisotopic (exact) mass is 263 g/mol. The van der Waals surface area contributed by atoms with Crippen LogP contribution >= 0.6 is 11.6 Å². The van der Waals surface area contributed by atoms with E-state index in [1.54, 1.807) is 24.3 Å². The van der Waals surface area contributed by atoms with Crippen molar-refractivity contribution in [1.29, 1.82) is 0 Å². The first kappa shape index (κ1) is 12.4. The summed E-state index contributed by atoms with van der Waals surface area (Å²) in [7, 11) is 0. The Morgan fingerprint density at radius 3 is 2.50 bits per heavy atom. The van der Waals surface area contributed by atoms with Crippen LogP contribution in [-0.2, 0) is 6.61 Å². The summed E-state index contributed by atoms with van der Waals surface area (Å²) >= 11 is 5.96. The van der Waals surface area contributed by atoms with E-state index in [0.717, 1.165) is 0 Å². The van der Waals surface area contributed by atoms with Crippen molar-refractivity contribution in [3.8, 4) is 5.75 Å². The number of rotatable bonds is 4. The highest BCUT2D eigenvalue weighted by molar-refractivity contribution is 6.31. The molecule has 0 saturated heterocycles. The predicted molar refractivity (Wildman–Crippen MR) is 68.9 cm³/mol. The fourth-order valence-electron chi connectivity index (χ4n) is 1.53. The van der Waals surface area contributed by atoms with E-state index in [0.29, 0.717) is 16.3 Å². The third-order valence-corrected chi connectivity index (χ3v) is 2.77. The molecule has 0 amide bonds. The van der Waals surface area contributed by atoms with Gasteiger partial charge in [0.1, 0.15) is 12.4 Å². The number of ether oxygens (including phenoxy) is 1. The summed E-state index contributed by atoms with van der Waals surface area (Å²) in [6.45, 7) is 0.0694. The molecule has 0 saturated carbocycles. The van der Waals surface area contributed by atoms with E-state index in [-0.39, 0.29) is 12.3 Å². The minimum Gasteiger partial charge on any atom is -0.489 e. The van der Waals surface area contributed by atoms with Gasteiger partial charge in [-0.25, -0.2) is 0 Å². The second kappa shape index (κ2) is 5.51. The lowest BCUT2D eigenvalue weighted by molar-refractivity contribution is -0.385. The van der Waals surface area contributed by atoms with Crippen molar-refractivity contribution in [2.24, 2.45) is 0 Å². The lowest BCUT2D eigenvalue weighted by Crippen LogP contribution is -2.01. The molecule has 92 valence electrons. The normalized spacial score (nSPS) is 10.1. The van der Waals surface area contributed by atoms with Crippen LogP contribution in [-0.4, -0.2) is 4.92 Å². The second-order valence-corrected chi connectivity index (χ2v) is 4.00. The topological polar surface area (TPSA) is 52.4 Å². The maximum Gasteiger partial charge on any atom is 0.277 e. The maximum absolute atomic E-state index is 10.9. The van der Waals surface area contributed by atoms with Crippen molar-refractivity contribution >= 4 is 17.3 Å². The zero-order valence-corrected chi connectivity index (χ0v) is 10.1. The number of benzene rings is 2. The Hall–Kier alpha value is -2.07. The van der Waals surface area contributed by atoms with E-state index in [9.17, 15) is 10.1 Å². The molecule has 18 heavy (non-hydrogen) atoms. The number of hydrogen-bond acceptors (Lipinski definition) is 3. The van der Waals surface area contributed by atoms with Gasteiger partial charge in [-0.15, -0.1) is 0 Å². The molecule has 0 atom stereocenters. The Balaban J connectivity index is 2.21.